The van der Waals surface area contributed by atoms with Crippen molar-refractivity contribution >= 4 is 11.8 Å². The highest BCUT2D eigenvalue weighted by molar-refractivity contribution is 7.99. The molecule has 1 atom stereocenters. The highest BCUT2D eigenvalue weighted by Crippen LogP contribution is 2.23. The standard InChI is InChI=1S/C16H24N2OS/c1-18-7-8-19-15(11-18)12-20-16-4-2-3-13(9-16)10-17-14-5-6-14/h2-4,9,14-15,17H,5-8,10-12H2,1H3. The van der Waals surface area contributed by atoms with Crippen LogP contribution in [0.3, 0.4) is 0 Å². The third kappa shape index (κ3) is 4.48. The van der Waals surface area contributed by atoms with E-state index in [0.29, 0.717) is 6.10 Å². The van der Waals surface area contributed by atoms with Crippen LogP contribution in [0.2, 0.25) is 0 Å². The summed E-state index contributed by atoms with van der Waals surface area (Å²) in [7, 11) is 2.17. The van der Waals surface area contributed by atoms with Crippen LogP contribution in [-0.4, -0.2) is 49.5 Å². The van der Waals surface area contributed by atoms with Crippen molar-refractivity contribution in [3.8, 4) is 0 Å². The third-order valence-corrected chi connectivity index (χ3v) is 4.97. The van der Waals surface area contributed by atoms with Crippen molar-refractivity contribution in [2.45, 2.75) is 36.4 Å². The number of rotatable bonds is 6. The van der Waals surface area contributed by atoms with Crippen LogP contribution in [0.5, 0.6) is 0 Å². The van der Waals surface area contributed by atoms with Crippen molar-refractivity contribution in [3.05, 3.63) is 29.8 Å². The zero-order valence-corrected chi connectivity index (χ0v) is 13.0. The average molecular weight is 292 g/mol. The normalized spacial score (nSPS) is 23.9. The molecule has 1 aliphatic heterocycles. The van der Waals surface area contributed by atoms with Gasteiger partial charge in [0.05, 0.1) is 12.7 Å². The van der Waals surface area contributed by atoms with Gasteiger partial charge < -0.3 is 15.0 Å². The molecule has 1 N–H and O–H groups in total. The lowest BCUT2D eigenvalue weighted by Gasteiger charge is -2.29. The summed E-state index contributed by atoms with van der Waals surface area (Å²) >= 11 is 1.91. The van der Waals surface area contributed by atoms with Gasteiger partial charge in [0.1, 0.15) is 0 Å². The smallest absolute Gasteiger partial charge is 0.0796 e. The largest absolute Gasteiger partial charge is 0.375 e. The lowest BCUT2D eigenvalue weighted by atomic mass is 10.2. The maximum absolute atomic E-state index is 5.81. The lowest BCUT2D eigenvalue weighted by Crippen LogP contribution is -2.41. The first-order valence-corrected chi connectivity index (χ1v) is 8.53. The van der Waals surface area contributed by atoms with E-state index in [9.17, 15) is 0 Å². The Morgan fingerprint density at radius 2 is 2.30 bits per heavy atom. The van der Waals surface area contributed by atoms with E-state index in [4.69, 9.17) is 4.74 Å². The number of ether oxygens (including phenoxy) is 1. The fraction of sp³-hybridized carbons (Fsp3) is 0.625. The number of morpholine rings is 1. The van der Waals surface area contributed by atoms with Crippen molar-refractivity contribution in [1.82, 2.24) is 10.2 Å². The van der Waals surface area contributed by atoms with Gasteiger partial charge in [-0.05, 0) is 37.6 Å². The minimum Gasteiger partial charge on any atom is -0.375 e. The van der Waals surface area contributed by atoms with Gasteiger partial charge in [0, 0.05) is 36.3 Å². The topological polar surface area (TPSA) is 24.5 Å². The second kappa shape index (κ2) is 6.94. The molecule has 0 spiro atoms. The Morgan fingerprint density at radius 3 is 3.10 bits per heavy atom. The Kier molecular flexibility index (Phi) is 4.99. The number of hydrogen-bond donors (Lipinski definition) is 1. The summed E-state index contributed by atoms with van der Waals surface area (Å²) < 4.78 is 5.81. The van der Waals surface area contributed by atoms with E-state index in [-0.39, 0.29) is 0 Å². The molecule has 20 heavy (non-hydrogen) atoms. The molecule has 0 bridgehead atoms. The Morgan fingerprint density at radius 1 is 1.40 bits per heavy atom. The molecule has 1 saturated carbocycles. The van der Waals surface area contributed by atoms with Crippen LogP contribution in [0, 0.1) is 0 Å². The predicted octanol–water partition coefficient (Wildman–Crippen LogP) is 2.36. The molecule has 1 heterocycles. The maximum Gasteiger partial charge on any atom is 0.0796 e. The zero-order chi connectivity index (χ0) is 13.8. The van der Waals surface area contributed by atoms with Crippen molar-refractivity contribution in [1.29, 1.82) is 0 Å². The van der Waals surface area contributed by atoms with Crippen molar-refractivity contribution in [3.63, 3.8) is 0 Å². The quantitative estimate of drug-likeness (QED) is 0.814. The van der Waals surface area contributed by atoms with E-state index in [1.165, 1.54) is 23.3 Å². The minimum atomic E-state index is 0.368. The maximum atomic E-state index is 5.81. The van der Waals surface area contributed by atoms with Crippen LogP contribution in [0.1, 0.15) is 18.4 Å². The fourth-order valence-electron chi connectivity index (χ4n) is 2.45. The Balaban J connectivity index is 1.47. The van der Waals surface area contributed by atoms with Gasteiger partial charge in [-0.1, -0.05) is 12.1 Å². The van der Waals surface area contributed by atoms with Crippen molar-refractivity contribution in [2.75, 3.05) is 32.5 Å². The highest BCUT2D eigenvalue weighted by Gasteiger charge is 2.20. The second-order valence-electron chi connectivity index (χ2n) is 5.87. The molecule has 3 rings (SSSR count). The van der Waals surface area contributed by atoms with Gasteiger partial charge in [0.25, 0.3) is 0 Å². The van der Waals surface area contributed by atoms with Crippen molar-refractivity contribution < 1.29 is 4.74 Å². The van der Waals surface area contributed by atoms with Crippen LogP contribution in [-0.2, 0) is 11.3 Å². The summed E-state index contributed by atoms with van der Waals surface area (Å²) in [5.74, 6) is 1.05. The number of nitrogens with one attached hydrogen (secondary N) is 1. The molecule has 2 aliphatic rings. The molecule has 1 unspecified atom stereocenters. The number of likely N-dealkylation sites (N-methyl/N-ethyl adjacent to an activating group) is 1. The van der Waals surface area contributed by atoms with Crippen LogP contribution < -0.4 is 5.32 Å². The number of benzene rings is 1. The number of nitrogens with zero attached hydrogens (tertiary/aromatic N) is 1. The van der Waals surface area contributed by atoms with E-state index in [1.54, 1.807) is 0 Å². The highest BCUT2D eigenvalue weighted by atomic mass is 32.2. The summed E-state index contributed by atoms with van der Waals surface area (Å²) in [6, 6.07) is 9.67. The summed E-state index contributed by atoms with van der Waals surface area (Å²) in [5, 5.41) is 3.57. The molecule has 3 nitrogen and oxygen atoms in total. The molecule has 1 saturated heterocycles. The minimum absolute atomic E-state index is 0.368. The molecular weight excluding hydrogens is 268 g/mol. The van der Waals surface area contributed by atoms with Gasteiger partial charge in [0.2, 0.25) is 0 Å². The Labute approximate surface area is 126 Å². The molecule has 4 heteroatoms. The molecule has 0 aromatic heterocycles. The first kappa shape index (κ1) is 14.4. The summed E-state index contributed by atoms with van der Waals surface area (Å²) in [4.78, 5) is 3.71. The third-order valence-electron chi connectivity index (χ3n) is 3.85. The number of thioether (sulfide) groups is 1. The SMILES string of the molecule is CN1CCOC(CSc2cccc(CNC3CC3)c2)C1. The van der Waals surface area contributed by atoms with Gasteiger partial charge in [-0.3, -0.25) is 0 Å². The predicted molar refractivity (Wildman–Crippen MR) is 84.3 cm³/mol. The first-order valence-electron chi connectivity index (χ1n) is 7.55. The van der Waals surface area contributed by atoms with E-state index >= 15 is 0 Å². The van der Waals surface area contributed by atoms with Gasteiger partial charge >= 0.3 is 0 Å². The summed E-state index contributed by atoms with van der Waals surface area (Å²) in [5.41, 5.74) is 1.39. The van der Waals surface area contributed by atoms with E-state index in [0.717, 1.165) is 38.0 Å². The molecule has 2 fully saturated rings. The molecule has 1 aromatic rings. The first-order chi connectivity index (χ1) is 9.79. The molecule has 0 radical (unpaired) electrons. The summed E-state index contributed by atoms with van der Waals surface area (Å²) in [6.07, 6.45) is 3.06. The molecule has 1 aliphatic carbocycles. The van der Waals surface area contributed by atoms with Gasteiger partial charge in [-0.15, -0.1) is 11.8 Å². The Bertz CT molecular complexity index is 436. The molecule has 110 valence electrons. The van der Waals surface area contributed by atoms with Crippen LogP contribution in [0.15, 0.2) is 29.2 Å². The van der Waals surface area contributed by atoms with Gasteiger partial charge in [0.15, 0.2) is 0 Å². The molecular formula is C16H24N2OS. The van der Waals surface area contributed by atoms with Crippen molar-refractivity contribution in [2.24, 2.45) is 0 Å². The molecule has 0 amide bonds. The van der Waals surface area contributed by atoms with Crippen LogP contribution in [0.4, 0.5) is 0 Å². The summed E-state index contributed by atoms with van der Waals surface area (Å²) in [6.45, 7) is 3.98. The van der Waals surface area contributed by atoms with Gasteiger partial charge in [-0.25, -0.2) is 0 Å². The fourth-order valence-corrected chi connectivity index (χ4v) is 3.44. The van der Waals surface area contributed by atoms with E-state index in [1.807, 2.05) is 11.8 Å². The van der Waals surface area contributed by atoms with Gasteiger partial charge in [-0.2, -0.15) is 0 Å². The van der Waals surface area contributed by atoms with Crippen LogP contribution >= 0.6 is 11.8 Å². The molecule has 1 aromatic carbocycles. The number of hydrogen-bond acceptors (Lipinski definition) is 4. The van der Waals surface area contributed by atoms with E-state index in [2.05, 4.69) is 41.5 Å². The lowest BCUT2D eigenvalue weighted by molar-refractivity contribution is -0.00598. The second-order valence-corrected chi connectivity index (χ2v) is 6.96. The van der Waals surface area contributed by atoms with E-state index < -0.39 is 0 Å². The zero-order valence-electron chi connectivity index (χ0n) is 12.2. The Hall–Kier alpha value is -0.550. The monoisotopic (exact) mass is 292 g/mol. The van der Waals surface area contributed by atoms with Crippen LogP contribution in [0.25, 0.3) is 0 Å². The average Bonchev–Trinajstić information content (AvgIpc) is 3.28.